The molecule has 0 spiro atoms. The molecule has 0 unspecified atom stereocenters. The molecule has 140 valence electrons. The molecule has 3 aliphatic rings. The third-order valence-electron chi connectivity index (χ3n) is 5.61. The summed E-state index contributed by atoms with van der Waals surface area (Å²) >= 11 is 0. The molecule has 0 N–H and O–H groups in total. The molecule has 7 heteroatoms. The summed E-state index contributed by atoms with van der Waals surface area (Å²) in [6, 6.07) is 9.20. The largest absolute Gasteiger partial charge is 0.371 e. The number of anilines is 1. The zero-order valence-corrected chi connectivity index (χ0v) is 15.1. The predicted molar refractivity (Wildman–Crippen MR) is 102 cm³/mol. The van der Waals surface area contributed by atoms with Crippen LogP contribution in [-0.4, -0.2) is 59.6 Å². The summed E-state index contributed by atoms with van der Waals surface area (Å²) in [4.78, 5) is 53.9. The summed E-state index contributed by atoms with van der Waals surface area (Å²) < 4.78 is 0. The maximum absolute atomic E-state index is 13.0. The van der Waals surface area contributed by atoms with Crippen molar-refractivity contribution in [3.05, 3.63) is 53.6 Å². The number of hydrogen-bond donors (Lipinski definition) is 0. The van der Waals surface area contributed by atoms with E-state index in [1.54, 1.807) is 12.1 Å². The Morgan fingerprint density at radius 1 is 0.750 bits per heavy atom. The number of hydrogen-bond acceptors (Lipinski definition) is 5. The zero-order chi connectivity index (χ0) is 19.4. The fourth-order valence-electron chi connectivity index (χ4n) is 4.02. The molecule has 0 aliphatic carbocycles. The molecule has 0 aromatic heterocycles. The lowest BCUT2D eigenvalue weighted by molar-refractivity contribution is -0.136. The number of nitrogens with zero attached hydrogens (tertiary/aromatic N) is 3. The topological polar surface area (TPSA) is 78.0 Å². The molecule has 0 atom stereocenters. The highest BCUT2D eigenvalue weighted by atomic mass is 16.2. The van der Waals surface area contributed by atoms with Crippen molar-refractivity contribution in [3.63, 3.8) is 0 Å². The Balaban J connectivity index is 1.51. The Bertz CT molecular complexity index is 1060. The van der Waals surface area contributed by atoms with Gasteiger partial charge in [-0.05, 0) is 24.6 Å². The van der Waals surface area contributed by atoms with Crippen LogP contribution < -0.4 is 4.90 Å². The van der Waals surface area contributed by atoms with Gasteiger partial charge in [-0.25, -0.2) is 0 Å². The summed E-state index contributed by atoms with van der Waals surface area (Å²) in [6.07, 6.45) is 3.52. The van der Waals surface area contributed by atoms with Gasteiger partial charge in [0.2, 0.25) is 0 Å². The van der Waals surface area contributed by atoms with Crippen molar-refractivity contribution in [3.8, 4) is 0 Å². The molecule has 0 bridgehead atoms. The van der Waals surface area contributed by atoms with Crippen LogP contribution in [0.4, 0.5) is 5.69 Å². The lowest BCUT2D eigenvalue weighted by Crippen LogP contribution is -2.46. The quantitative estimate of drug-likeness (QED) is 0.758. The van der Waals surface area contributed by atoms with Gasteiger partial charge in [0.25, 0.3) is 23.6 Å². The van der Waals surface area contributed by atoms with Crippen LogP contribution in [0.25, 0.3) is 10.8 Å². The van der Waals surface area contributed by atoms with Crippen LogP contribution >= 0.6 is 0 Å². The van der Waals surface area contributed by atoms with E-state index in [1.165, 1.54) is 12.2 Å². The monoisotopic (exact) mass is 375 g/mol. The molecule has 1 saturated heterocycles. The van der Waals surface area contributed by atoms with Crippen molar-refractivity contribution in [2.75, 3.05) is 31.1 Å². The van der Waals surface area contributed by atoms with E-state index < -0.39 is 23.6 Å². The first kappa shape index (κ1) is 16.7. The van der Waals surface area contributed by atoms with Crippen LogP contribution in [0.5, 0.6) is 0 Å². The van der Waals surface area contributed by atoms with Crippen molar-refractivity contribution in [2.45, 2.75) is 6.42 Å². The van der Waals surface area contributed by atoms with Gasteiger partial charge >= 0.3 is 0 Å². The van der Waals surface area contributed by atoms with Gasteiger partial charge in [-0.2, -0.15) is 0 Å². The van der Waals surface area contributed by atoms with Crippen molar-refractivity contribution in [2.24, 2.45) is 0 Å². The van der Waals surface area contributed by atoms with E-state index in [1.807, 2.05) is 18.2 Å². The highest BCUT2D eigenvalue weighted by molar-refractivity contribution is 6.27. The molecular weight excluding hydrogens is 358 g/mol. The molecule has 0 saturated carbocycles. The Labute approximate surface area is 160 Å². The van der Waals surface area contributed by atoms with Crippen LogP contribution in [0.1, 0.15) is 27.1 Å². The molecule has 4 amide bonds. The van der Waals surface area contributed by atoms with Gasteiger partial charge in [0.15, 0.2) is 0 Å². The van der Waals surface area contributed by atoms with Crippen molar-refractivity contribution in [1.29, 1.82) is 0 Å². The van der Waals surface area contributed by atoms with Gasteiger partial charge in [-0.15, -0.1) is 0 Å². The van der Waals surface area contributed by atoms with Gasteiger partial charge in [0.1, 0.15) is 0 Å². The summed E-state index contributed by atoms with van der Waals surface area (Å²) in [5, 5.41) is 1.60. The molecule has 3 heterocycles. The standard InChI is InChI=1S/C21H17N3O4/c25-17-7-8-18(26)23(17)11-12-24-20(27)14-4-1-3-13-16(22-9-2-10-22)6-5-15(19(13)14)21(24)28/h1,3-8H,2,9-12H2. The van der Waals surface area contributed by atoms with E-state index in [0.29, 0.717) is 16.5 Å². The second-order valence-corrected chi connectivity index (χ2v) is 7.12. The van der Waals surface area contributed by atoms with E-state index in [9.17, 15) is 19.2 Å². The normalized spacial score (nSPS) is 18.5. The lowest BCUT2D eigenvalue weighted by atomic mass is 9.92. The molecule has 7 nitrogen and oxygen atoms in total. The molecule has 5 rings (SSSR count). The molecule has 2 aromatic rings. The highest BCUT2D eigenvalue weighted by Gasteiger charge is 2.35. The molecular formula is C21H17N3O4. The fourth-order valence-corrected chi connectivity index (χ4v) is 4.02. The molecule has 3 aliphatic heterocycles. The minimum atomic E-state index is -0.427. The van der Waals surface area contributed by atoms with E-state index in [-0.39, 0.29) is 13.1 Å². The summed E-state index contributed by atoms with van der Waals surface area (Å²) in [7, 11) is 0. The average Bonchev–Trinajstić information content (AvgIpc) is 2.97. The Morgan fingerprint density at radius 2 is 1.39 bits per heavy atom. The molecule has 28 heavy (non-hydrogen) atoms. The number of carbonyl (C=O) groups is 4. The van der Waals surface area contributed by atoms with Crippen LogP contribution in [0.3, 0.4) is 0 Å². The van der Waals surface area contributed by atoms with Gasteiger partial charge in [0, 0.05) is 65.9 Å². The first-order valence-electron chi connectivity index (χ1n) is 9.26. The smallest absolute Gasteiger partial charge is 0.261 e. The van der Waals surface area contributed by atoms with Crippen molar-refractivity contribution < 1.29 is 19.2 Å². The SMILES string of the molecule is O=C1C=CC(=O)N1CCN1C(=O)c2cccc3c(N4CCC4)ccc(c23)C1=O. The van der Waals surface area contributed by atoms with Crippen LogP contribution in [0.2, 0.25) is 0 Å². The third kappa shape index (κ3) is 2.29. The number of rotatable bonds is 4. The molecule has 0 radical (unpaired) electrons. The number of imide groups is 2. The Hall–Kier alpha value is -3.48. The van der Waals surface area contributed by atoms with E-state index in [2.05, 4.69) is 4.90 Å². The van der Waals surface area contributed by atoms with Crippen LogP contribution in [-0.2, 0) is 9.59 Å². The van der Waals surface area contributed by atoms with Gasteiger partial charge in [-0.1, -0.05) is 12.1 Å². The highest BCUT2D eigenvalue weighted by Crippen LogP contribution is 2.37. The lowest BCUT2D eigenvalue weighted by Gasteiger charge is -2.35. The van der Waals surface area contributed by atoms with Crippen LogP contribution in [0, 0.1) is 0 Å². The molecule has 1 fully saturated rings. The Morgan fingerprint density at radius 3 is 2.04 bits per heavy atom. The Kier molecular flexibility index (Phi) is 3.58. The minimum Gasteiger partial charge on any atom is -0.371 e. The van der Waals surface area contributed by atoms with E-state index in [4.69, 9.17) is 0 Å². The summed E-state index contributed by atoms with van der Waals surface area (Å²) in [5.74, 6) is -1.64. The minimum absolute atomic E-state index is 0.0146. The maximum atomic E-state index is 13.0. The first-order valence-corrected chi connectivity index (χ1v) is 9.26. The second-order valence-electron chi connectivity index (χ2n) is 7.12. The summed E-state index contributed by atoms with van der Waals surface area (Å²) in [6.45, 7) is 1.90. The van der Waals surface area contributed by atoms with E-state index in [0.717, 1.165) is 40.4 Å². The van der Waals surface area contributed by atoms with Gasteiger partial charge in [-0.3, -0.25) is 29.0 Å². The second kappa shape index (κ2) is 6.02. The van der Waals surface area contributed by atoms with Crippen molar-refractivity contribution >= 4 is 40.1 Å². The number of carbonyl (C=O) groups excluding carboxylic acids is 4. The van der Waals surface area contributed by atoms with E-state index >= 15 is 0 Å². The van der Waals surface area contributed by atoms with Crippen LogP contribution in [0.15, 0.2) is 42.5 Å². The fraction of sp³-hybridized carbons (Fsp3) is 0.238. The zero-order valence-electron chi connectivity index (χ0n) is 15.1. The summed E-state index contributed by atoms with van der Waals surface area (Å²) in [5.41, 5.74) is 2.00. The average molecular weight is 375 g/mol. The molecule has 2 aromatic carbocycles. The van der Waals surface area contributed by atoms with Gasteiger partial charge in [0.05, 0.1) is 0 Å². The number of benzene rings is 2. The first-order chi connectivity index (χ1) is 13.6. The maximum Gasteiger partial charge on any atom is 0.261 e. The van der Waals surface area contributed by atoms with Crippen molar-refractivity contribution in [1.82, 2.24) is 9.80 Å². The third-order valence-corrected chi connectivity index (χ3v) is 5.61. The predicted octanol–water partition coefficient (Wildman–Crippen LogP) is 1.57. The van der Waals surface area contributed by atoms with Gasteiger partial charge < -0.3 is 4.90 Å². The number of amides is 4.